The molecule has 5 nitrogen and oxygen atoms in total. The molecule has 1 saturated carbocycles. The molecule has 0 aromatic heterocycles. The van der Waals surface area contributed by atoms with Crippen molar-refractivity contribution in [1.82, 2.24) is 5.32 Å². The molecule has 1 aliphatic carbocycles. The molecule has 0 bridgehead atoms. The first-order valence-corrected chi connectivity index (χ1v) is 8.92. The number of hydrogen-bond acceptors (Lipinski definition) is 4. The normalized spacial score (nSPS) is 16.0. The molecule has 1 amide bonds. The Morgan fingerprint density at radius 2 is 1.81 bits per heavy atom. The van der Waals surface area contributed by atoms with Crippen LogP contribution in [0.3, 0.4) is 0 Å². The molecule has 0 unspecified atom stereocenters. The maximum Gasteiger partial charge on any atom is 0.251 e. The maximum absolute atomic E-state index is 12.4. The fourth-order valence-corrected chi connectivity index (χ4v) is 4.45. The van der Waals surface area contributed by atoms with E-state index in [-0.39, 0.29) is 11.2 Å². The first kappa shape index (κ1) is 16.0. The zero-order valence-electron chi connectivity index (χ0n) is 12.0. The van der Waals surface area contributed by atoms with Gasteiger partial charge in [-0.2, -0.15) is 0 Å². The van der Waals surface area contributed by atoms with Crippen LogP contribution in [0.15, 0.2) is 29.2 Å². The van der Waals surface area contributed by atoms with Crippen LogP contribution < -0.4 is 11.1 Å². The maximum atomic E-state index is 12.4. The summed E-state index contributed by atoms with van der Waals surface area (Å²) in [5.41, 5.74) is 5.83. The van der Waals surface area contributed by atoms with Crippen molar-refractivity contribution < 1.29 is 13.2 Å². The number of nitrogens with two attached hydrogens (primary N) is 1. The van der Waals surface area contributed by atoms with Gasteiger partial charge in [-0.25, -0.2) is 8.42 Å². The fourth-order valence-electron chi connectivity index (χ4n) is 2.59. The van der Waals surface area contributed by atoms with Crippen LogP contribution in [0, 0.1) is 0 Å². The van der Waals surface area contributed by atoms with Crippen molar-refractivity contribution in [2.45, 2.75) is 42.2 Å². The summed E-state index contributed by atoms with van der Waals surface area (Å²) in [4.78, 5) is 12.1. The van der Waals surface area contributed by atoms with Gasteiger partial charge < -0.3 is 11.1 Å². The highest BCUT2D eigenvalue weighted by Crippen LogP contribution is 2.29. The van der Waals surface area contributed by atoms with Crippen LogP contribution in [0.1, 0.15) is 42.5 Å². The summed E-state index contributed by atoms with van der Waals surface area (Å²) in [7, 11) is -3.25. The van der Waals surface area contributed by atoms with Gasteiger partial charge >= 0.3 is 0 Å². The minimum atomic E-state index is -3.25. The molecule has 0 heterocycles. The number of carbonyl (C=O) groups excluding carboxylic acids is 1. The highest BCUT2D eigenvalue weighted by atomic mass is 32.2. The Balaban J connectivity index is 2.06. The predicted molar refractivity (Wildman–Crippen MR) is 81.9 cm³/mol. The van der Waals surface area contributed by atoms with Gasteiger partial charge in [-0.15, -0.1) is 0 Å². The molecule has 0 saturated heterocycles. The van der Waals surface area contributed by atoms with E-state index in [0.717, 1.165) is 32.1 Å². The van der Waals surface area contributed by atoms with Crippen LogP contribution in [0.5, 0.6) is 0 Å². The van der Waals surface area contributed by atoms with E-state index in [1.165, 1.54) is 12.1 Å². The van der Waals surface area contributed by atoms with E-state index < -0.39 is 9.84 Å². The molecule has 1 aliphatic rings. The average molecular weight is 310 g/mol. The van der Waals surface area contributed by atoms with E-state index in [1.54, 1.807) is 12.1 Å². The largest absolute Gasteiger partial charge is 0.352 e. The van der Waals surface area contributed by atoms with Gasteiger partial charge in [-0.1, -0.05) is 12.8 Å². The minimum Gasteiger partial charge on any atom is -0.352 e. The molecule has 116 valence electrons. The van der Waals surface area contributed by atoms with E-state index in [1.807, 2.05) is 0 Å². The lowest BCUT2D eigenvalue weighted by Gasteiger charge is -2.11. The molecule has 1 aromatic carbocycles. The summed E-state index contributed by atoms with van der Waals surface area (Å²) >= 11 is 0. The molecule has 1 fully saturated rings. The third kappa shape index (κ3) is 3.83. The van der Waals surface area contributed by atoms with Crippen molar-refractivity contribution in [2.75, 3.05) is 13.1 Å². The van der Waals surface area contributed by atoms with Gasteiger partial charge in [-0.3, -0.25) is 4.79 Å². The molecule has 0 atom stereocenters. The molecule has 2 rings (SSSR count). The number of amides is 1. The second kappa shape index (κ2) is 7.04. The number of carbonyl (C=O) groups is 1. The summed E-state index contributed by atoms with van der Waals surface area (Å²) in [5.74, 6) is -0.201. The Labute approximate surface area is 125 Å². The second-order valence-electron chi connectivity index (χ2n) is 5.37. The van der Waals surface area contributed by atoms with Crippen LogP contribution in [0.25, 0.3) is 0 Å². The van der Waals surface area contributed by atoms with E-state index in [9.17, 15) is 13.2 Å². The summed E-state index contributed by atoms with van der Waals surface area (Å²) < 4.78 is 24.8. The van der Waals surface area contributed by atoms with Gasteiger partial charge in [0.25, 0.3) is 5.91 Å². The summed E-state index contributed by atoms with van der Waals surface area (Å²) in [6, 6.07) is 6.20. The zero-order chi connectivity index (χ0) is 15.3. The first-order chi connectivity index (χ1) is 10.1. The molecule has 21 heavy (non-hydrogen) atoms. The van der Waals surface area contributed by atoms with Gasteiger partial charge in [0, 0.05) is 12.1 Å². The molecule has 0 spiro atoms. The fraction of sp³-hybridized carbons (Fsp3) is 0.533. The van der Waals surface area contributed by atoms with E-state index in [4.69, 9.17) is 5.73 Å². The Kier molecular flexibility index (Phi) is 5.36. The Bertz CT molecular complexity index is 575. The number of benzene rings is 1. The van der Waals surface area contributed by atoms with Crippen molar-refractivity contribution in [3.8, 4) is 0 Å². The topological polar surface area (TPSA) is 89.3 Å². The van der Waals surface area contributed by atoms with Crippen molar-refractivity contribution in [3.05, 3.63) is 29.8 Å². The number of nitrogens with one attached hydrogen (secondary N) is 1. The molecule has 0 radical (unpaired) electrons. The molecule has 1 aromatic rings. The summed E-state index contributed by atoms with van der Waals surface area (Å²) in [6.07, 6.45) is 4.16. The van der Waals surface area contributed by atoms with E-state index in [0.29, 0.717) is 23.5 Å². The van der Waals surface area contributed by atoms with Gasteiger partial charge in [0.05, 0.1) is 10.1 Å². The first-order valence-electron chi connectivity index (χ1n) is 7.38. The molecule has 3 N–H and O–H groups in total. The smallest absolute Gasteiger partial charge is 0.251 e. The quantitative estimate of drug-likeness (QED) is 0.779. The van der Waals surface area contributed by atoms with Crippen LogP contribution in [-0.2, 0) is 9.84 Å². The second-order valence-corrected chi connectivity index (χ2v) is 7.60. The molecule has 6 heteroatoms. The average Bonchev–Trinajstić information content (AvgIpc) is 3.02. The lowest BCUT2D eigenvalue weighted by molar-refractivity contribution is 0.0953. The molecular weight excluding hydrogens is 288 g/mol. The van der Waals surface area contributed by atoms with Gasteiger partial charge in [0.15, 0.2) is 9.84 Å². The highest BCUT2D eigenvalue weighted by molar-refractivity contribution is 7.92. The number of rotatable bonds is 6. The third-order valence-corrected chi connectivity index (χ3v) is 6.13. The van der Waals surface area contributed by atoms with Gasteiger partial charge in [0.2, 0.25) is 0 Å². The third-order valence-electron chi connectivity index (χ3n) is 3.85. The summed E-state index contributed by atoms with van der Waals surface area (Å²) in [5, 5.41) is 2.48. The van der Waals surface area contributed by atoms with Crippen molar-refractivity contribution in [1.29, 1.82) is 0 Å². The Hall–Kier alpha value is -1.40. The van der Waals surface area contributed by atoms with Crippen LogP contribution in [0.4, 0.5) is 0 Å². The van der Waals surface area contributed by atoms with Crippen molar-refractivity contribution in [2.24, 2.45) is 5.73 Å². The molecular formula is C15H22N2O3S. The summed E-state index contributed by atoms with van der Waals surface area (Å²) in [6.45, 7) is 1.05. The lowest BCUT2D eigenvalue weighted by atomic mass is 10.2. The number of sulfone groups is 1. The minimum absolute atomic E-state index is 0.201. The Morgan fingerprint density at radius 3 is 2.38 bits per heavy atom. The predicted octanol–water partition coefficient (Wildman–Crippen LogP) is 1.48. The Morgan fingerprint density at radius 1 is 1.19 bits per heavy atom. The standard InChI is InChI=1S/C15H22N2O3S/c16-10-3-11-17-15(18)12-6-8-14(9-7-12)21(19,20)13-4-1-2-5-13/h6-9,13H,1-5,10-11,16H2,(H,17,18). The molecule has 0 aliphatic heterocycles. The van der Waals surface area contributed by atoms with Crippen molar-refractivity contribution in [3.63, 3.8) is 0 Å². The van der Waals surface area contributed by atoms with Crippen molar-refractivity contribution >= 4 is 15.7 Å². The lowest BCUT2D eigenvalue weighted by Crippen LogP contribution is -2.26. The van der Waals surface area contributed by atoms with Gasteiger partial charge in [-0.05, 0) is 50.1 Å². The van der Waals surface area contributed by atoms with E-state index in [2.05, 4.69) is 5.32 Å². The monoisotopic (exact) mass is 310 g/mol. The van der Waals surface area contributed by atoms with Crippen LogP contribution >= 0.6 is 0 Å². The highest BCUT2D eigenvalue weighted by Gasteiger charge is 2.30. The SMILES string of the molecule is NCCCNC(=O)c1ccc(S(=O)(=O)C2CCCC2)cc1. The van der Waals surface area contributed by atoms with Crippen LogP contribution in [0.2, 0.25) is 0 Å². The van der Waals surface area contributed by atoms with E-state index >= 15 is 0 Å². The van der Waals surface area contributed by atoms with Gasteiger partial charge in [0.1, 0.15) is 0 Å². The van der Waals surface area contributed by atoms with Crippen LogP contribution in [-0.4, -0.2) is 32.7 Å². The number of hydrogen-bond donors (Lipinski definition) is 2. The zero-order valence-corrected chi connectivity index (χ0v) is 12.9.